The summed E-state index contributed by atoms with van der Waals surface area (Å²) in [7, 11) is 1.36. The second-order valence-electron chi connectivity index (χ2n) is 11.7. The number of para-hydroxylation sites is 1. The first-order valence-electron chi connectivity index (χ1n) is 15.1. The highest BCUT2D eigenvalue weighted by Crippen LogP contribution is 2.37. The fourth-order valence-electron chi connectivity index (χ4n) is 5.86. The average molecular weight is 714 g/mol. The van der Waals surface area contributed by atoms with Crippen LogP contribution in [-0.2, 0) is 18.8 Å². The fourth-order valence-corrected chi connectivity index (χ4v) is 6.16. The van der Waals surface area contributed by atoms with E-state index in [4.69, 9.17) is 23.2 Å². The van der Waals surface area contributed by atoms with Gasteiger partial charge in [-0.15, -0.1) is 0 Å². The van der Waals surface area contributed by atoms with Crippen LogP contribution < -0.4 is 4.90 Å². The molecule has 0 bridgehead atoms. The number of amides is 1. The van der Waals surface area contributed by atoms with Crippen LogP contribution >= 0.6 is 23.2 Å². The summed E-state index contributed by atoms with van der Waals surface area (Å²) in [6.07, 6.45) is -7.51. The first-order valence-corrected chi connectivity index (χ1v) is 15.8. The van der Waals surface area contributed by atoms with Gasteiger partial charge in [0.25, 0.3) is 5.91 Å². The van der Waals surface area contributed by atoms with E-state index in [1.807, 2.05) is 12.1 Å². The topological polar surface area (TPSA) is 68.4 Å². The number of rotatable bonds is 10. The van der Waals surface area contributed by atoms with Crippen molar-refractivity contribution in [2.24, 2.45) is 0 Å². The molecule has 0 radical (unpaired) electrons. The monoisotopic (exact) mass is 712 g/mol. The zero-order chi connectivity index (χ0) is 34.6. The summed E-state index contributed by atoms with van der Waals surface area (Å²) in [6.45, 7) is 3.68. The predicted molar refractivity (Wildman–Crippen MR) is 172 cm³/mol. The molecule has 1 aliphatic rings. The molecule has 1 fully saturated rings. The van der Waals surface area contributed by atoms with Crippen molar-refractivity contribution in [3.05, 3.63) is 111 Å². The average Bonchev–Trinajstić information content (AvgIpc) is 3.56. The Balaban J connectivity index is 1.28. The number of hydrogen-bond donors (Lipinski definition) is 1. The minimum Gasteiger partial charge on any atom is -0.369 e. The lowest BCUT2D eigenvalue weighted by molar-refractivity contribution is -0.143. The third-order valence-corrected chi connectivity index (χ3v) is 9.15. The van der Waals surface area contributed by atoms with Crippen molar-refractivity contribution in [2.45, 2.75) is 31.1 Å². The number of carbonyl (C=O) groups is 1. The standard InChI is InChI=1S/C33H32Cl2F6N6O/c1-45(31(48)24-14-25(32(36,37)38)18-26(15-24)33(39,40)41)19-23(21-6-7-27(34)28(35)16-21)8-9-46-10-12-47(13-11-46)29-5-3-2-4-22(29)17-30-42-20-43-44-30/h2-7,14-16,18,20,23H,8-13,17,19H2,1H3,(H,42,43,44)/t23-/m1/s1. The number of likely N-dealkylation sites (N-methyl/N-ethyl adjacent to an activating group) is 1. The Morgan fingerprint density at radius 1 is 0.917 bits per heavy atom. The maximum absolute atomic E-state index is 13.5. The van der Waals surface area contributed by atoms with E-state index in [1.54, 1.807) is 18.2 Å². The van der Waals surface area contributed by atoms with E-state index in [1.165, 1.54) is 13.4 Å². The van der Waals surface area contributed by atoms with Gasteiger partial charge in [0.1, 0.15) is 12.2 Å². The Bertz CT molecular complexity index is 1680. The number of hydrogen-bond acceptors (Lipinski definition) is 5. The molecule has 0 spiro atoms. The van der Waals surface area contributed by atoms with Gasteiger partial charge in [-0.05, 0) is 60.5 Å². The van der Waals surface area contributed by atoms with Gasteiger partial charge in [0, 0.05) is 63.4 Å². The molecule has 4 aromatic rings. The number of alkyl halides is 6. The van der Waals surface area contributed by atoms with Crippen LogP contribution in [0, 0.1) is 0 Å². The molecule has 1 aliphatic heterocycles. The number of carbonyl (C=O) groups excluding carboxylic acids is 1. The van der Waals surface area contributed by atoms with Crippen LogP contribution in [0.5, 0.6) is 0 Å². The maximum Gasteiger partial charge on any atom is 0.416 e. The van der Waals surface area contributed by atoms with Crippen molar-refractivity contribution in [3.8, 4) is 0 Å². The summed E-state index contributed by atoms with van der Waals surface area (Å²) >= 11 is 12.4. The van der Waals surface area contributed by atoms with Crippen molar-refractivity contribution in [1.82, 2.24) is 25.0 Å². The number of piperazine rings is 1. The summed E-state index contributed by atoms with van der Waals surface area (Å²) in [5, 5.41) is 7.44. The molecule has 0 saturated carbocycles. The van der Waals surface area contributed by atoms with E-state index in [2.05, 4.69) is 37.1 Å². The first-order chi connectivity index (χ1) is 22.7. The van der Waals surface area contributed by atoms with Gasteiger partial charge in [-0.25, -0.2) is 4.98 Å². The van der Waals surface area contributed by atoms with Crippen LogP contribution in [0.3, 0.4) is 0 Å². The molecule has 1 atom stereocenters. The zero-order valence-corrected chi connectivity index (χ0v) is 27.3. The van der Waals surface area contributed by atoms with E-state index in [0.717, 1.165) is 53.7 Å². The highest BCUT2D eigenvalue weighted by atomic mass is 35.5. The quantitative estimate of drug-likeness (QED) is 0.170. The lowest BCUT2D eigenvalue weighted by Crippen LogP contribution is -2.47. The predicted octanol–water partition coefficient (Wildman–Crippen LogP) is 7.81. The largest absolute Gasteiger partial charge is 0.416 e. The Kier molecular flexibility index (Phi) is 10.9. The number of nitrogens with zero attached hydrogens (tertiary/aromatic N) is 5. The molecule has 48 heavy (non-hydrogen) atoms. The van der Waals surface area contributed by atoms with Crippen molar-refractivity contribution in [2.75, 3.05) is 51.2 Å². The third kappa shape index (κ3) is 8.80. The molecule has 256 valence electrons. The lowest BCUT2D eigenvalue weighted by Gasteiger charge is -2.37. The van der Waals surface area contributed by atoms with E-state index in [0.29, 0.717) is 41.6 Å². The summed E-state index contributed by atoms with van der Waals surface area (Å²) in [4.78, 5) is 23.3. The van der Waals surface area contributed by atoms with Crippen LogP contribution in [0.15, 0.2) is 67.0 Å². The molecule has 1 amide bonds. The summed E-state index contributed by atoms with van der Waals surface area (Å²) in [5.74, 6) is -0.539. The molecule has 3 aromatic carbocycles. The normalized spacial score (nSPS) is 15.1. The number of aromatic amines is 1. The highest BCUT2D eigenvalue weighted by molar-refractivity contribution is 6.42. The molecular weight excluding hydrogens is 681 g/mol. The molecule has 1 saturated heterocycles. The van der Waals surface area contributed by atoms with E-state index >= 15 is 0 Å². The van der Waals surface area contributed by atoms with Crippen LogP contribution in [0.2, 0.25) is 10.0 Å². The highest BCUT2D eigenvalue weighted by Gasteiger charge is 2.38. The first kappa shape index (κ1) is 35.5. The Morgan fingerprint density at radius 3 is 2.19 bits per heavy atom. The van der Waals surface area contributed by atoms with Crippen LogP contribution in [-0.4, -0.2) is 77.2 Å². The van der Waals surface area contributed by atoms with Crippen molar-refractivity contribution >= 4 is 34.8 Å². The van der Waals surface area contributed by atoms with Gasteiger partial charge in [-0.3, -0.25) is 14.8 Å². The van der Waals surface area contributed by atoms with Crippen LogP contribution in [0.25, 0.3) is 0 Å². The minimum atomic E-state index is -5.07. The van der Waals surface area contributed by atoms with Gasteiger partial charge in [0.2, 0.25) is 0 Å². The smallest absolute Gasteiger partial charge is 0.369 e. The summed E-state index contributed by atoms with van der Waals surface area (Å²) < 4.78 is 80.8. The molecule has 5 rings (SSSR count). The van der Waals surface area contributed by atoms with Gasteiger partial charge in [0.15, 0.2) is 0 Å². The minimum absolute atomic E-state index is 0.00419. The van der Waals surface area contributed by atoms with Gasteiger partial charge >= 0.3 is 12.4 Å². The Labute approximate surface area is 283 Å². The molecule has 7 nitrogen and oxygen atoms in total. The van der Waals surface area contributed by atoms with Crippen molar-refractivity contribution in [3.63, 3.8) is 0 Å². The number of H-pyrrole nitrogens is 1. The summed E-state index contributed by atoms with van der Waals surface area (Å²) in [5.41, 5.74) is -0.815. The Morgan fingerprint density at radius 2 is 1.58 bits per heavy atom. The van der Waals surface area contributed by atoms with Gasteiger partial charge < -0.3 is 9.80 Å². The van der Waals surface area contributed by atoms with Crippen LogP contribution in [0.4, 0.5) is 32.0 Å². The maximum atomic E-state index is 13.5. The van der Waals surface area contributed by atoms with E-state index in [9.17, 15) is 31.1 Å². The molecule has 1 aromatic heterocycles. The molecule has 2 heterocycles. The van der Waals surface area contributed by atoms with Crippen molar-refractivity contribution < 1.29 is 31.1 Å². The van der Waals surface area contributed by atoms with E-state index < -0.39 is 35.0 Å². The number of nitrogens with one attached hydrogen (secondary N) is 1. The summed E-state index contributed by atoms with van der Waals surface area (Å²) in [6, 6.07) is 14.1. The van der Waals surface area contributed by atoms with Gasteiger partial charge in [0.05, 0.1) is 21.2 Å². The SMILES string of the molecule is CN(C[C@@H](CCN1CCN(c2ccccc2Cc2ncn[nH]2)CC1)c1ccc(Cl)c(Cl)c1)C(=O)c1cc(C(F)(F)F)cc(C(F)(F)F)c1. The Hall–Kier alpha value is -3.81. The second kappa shape index (κ2) is 14.8. The third-order valence-electron chi connectivity index (χ3n) is 8.41. The number of anilines is 1. The fraction of sp³-hybridized carbons (Fsp3) is 0.364. The van der Waals surface area contributed by atoms with Gasteiger partial charge in [-0.1, -0.05) is 47.5 Å². The number of aromatic nitrogens is 3. The second-order valence-corrected chi connectivity index (χ2v) is 12.5. The van der Waals surface area contributed by atoms with Gasteiger partial charge in [-0.2, -0.15) is 31.4 Å². The molecule has 15 heteroatoms. The number of benzene rings is 3. The molecule has 0 aliphatic carbocycles. The molecule has 0 unspecified atom stereocenters. The van der Waals surface area contributed by atoms with Crippen LogP contribution in [0.1, 0.15) is 50.8 Å². The van der Waals surface area contributed by atoms with E-state index in [-0.39, 0.29) is 18.5 Å². The zero-order valence-electron chi connectivity index (χ0n) is 25.8. The number of halogens is 8. The molecule has 1 N–H and O–H groups in total. The van der Waals surface area contributed by atoms with Crippen molar-refractivity contribution in [1.29, 1.82) is 0 Å². The lowest BCUT2D eigenvalue weighted by atomic mass is 9.94. The molecular formula is C33H32Cl2F6N6O.